The van der Waals surface area contributed by atoms with Crippen LogP contribution in [0.3, 0.4) is 0 Å². The molecule has 1 aliphatic heterocycles. The largest absolute Gasteiger partial charge is 0.337 e. The number of carbonyl (C=O) groups excluding carboxylic acids is 1. The number of imidazole rings is 1. The van der Waals surface area contributed by atoms with Gasteiger partial charge in [-0.1, -0.05) is 18.2 Å². The van der Waals surface area contributed by atoms with E-state index in [2.05, 4.69) is 36.2 Å². The highest BCUT2D eigenvalue weighted by Crippen LogP contribution is 2.40. The van der Waals surface area contributed by atoms with E-state index in [4.69, 9.17) is 0 Å². The lowest BCUT2D eigenvalue weighted by atomic mass is 9.88. The van der Waals surface area contributed by atoms with Crippen LogP contribution in [0.2, 0.25) is 0 Å². The van der Waals surface area contributed by atoms with Crippen molar-refractivity contribution in [2.24, 2.45) is 7.05 Å². The number of fused-ring (bicyclic) bond motifs is 1. The zero-order valence-corrected chi connectivity index (χ0v) is 16.6. The first-order valence-corrected chi connectivity index (χ1v) is 9.22. The molecule has 1 amide bonds. The van der Waals surface area contributed by atoms with Gasteiger partial charge in [-0.2, -0.15) is 0 Å². The third-order valence-corrected chi connectivity index (χ3v) is 5.37. The standard InChI is InChI=1S/C19H17BrFN5O/c1-19(2)14-15(20)23-16(24-17(14)25-18(19)27)12-9-26(3)13(22-12)8-10-6-4-5-7-11(10)21/h4-7,9H,8H2,1-3H3,(H,23,24,25,27). The molecule has 1 N–H and O–H groups in total. The molecule has 0 aliphatic carbocycles. The van der Waals surface area contributed by atoms with Crippen molar-refractivity contribution < 1.29 is 9.18 Å². The summed E-state index contributed by atoms with van der Waals surface area (Å²) in [4.78, 5) is 25.7. The fraction of sp³-hybridized carbons (Fsp3) is 0.263. The van der Waals surface area contributed by atoms with E-state index in [-0.39, 0.29) is 11.7 Å². The molecule has 0 unspecified atom stereocenters. The smallest absolute Gasteiger partial charge is 0.235 e. The van der Waals surface area contributed by atoms with Crippen LogP contribution in [0.4, 0.5) is 10.2 Å². The minimum atomic E-state index is -0.702. The van der Waals surface area contributed by atoms with Gasteiger partial charge in [0, 0.05) is 25.2 Å². The first-order valence-electron chi connectivity index (χ1n) is 8.43. The van der Waals surface area contributed by atoms with Crippen LogP contribution in [-0.4, -0.2) is 25.4 Å². The van der Waals surface area contributed by atoms with E-state index in [0.29, 0.717) is 39.7 Å². The topological polar surface area (TPSA) is 72.7 Å². The zero-order chi connectivity index (χ0) is 19.3. The summed E-state index contributed by atoms with van der Waals surface area (Å²) in [5.41, 5.74) is 1.17. The molecule has 4 rings (SSSR count). The lowest BCUT2D eigenvalue weighted by Gasteiger charge is -2.15. The van der Waals surface area contributed by atoms with E-state index in [1.54, 1.807) is 24.4 Å². The SMILES string of the molecule is Cn1cc(-c2nc(Br)c3c(n2)NC(=O)C3(C)C)nc1Cc1ccccc1F. The van der Waals surface area contributed by atoms with Crippen LogP contribution < -0.4 is 5.32 Å². The van der Waals surface area contributed by atoms with E-state index in [1.807, 2.05) is 25.5 Å². The molecule has 0 radical (unpaired) electrons. The van der Waals surface area contributed by atoms with Gasteiger partial charge in [-0.05, 0) is 41.4 Å². The maximum absolute atomic E-state index is 13.9. The van der Waals surface area contributed by atoms with E-state index < -0.39 is 5.41 Å². The molecule has 27 heavy (non-hydrogen) atoms. The van der Waals surface area contributed by atoms with Crippen molar-refractivity contribution in [2.75, 3.05) is 5.32 Å². The minimum absolute atomic E-state index is 0.120. The Balaban J connectivity index is 1.72. The van der Waals surface area contributed by atoms with Crippen molar-refractivity contribution in [2.45, 2.75) is 25.7 Å². The molecule has 8 heteroatoms. The molecular formula is C19H17BrFN5O. The number of hydrogen-bond donors (Lipinski definition) is 1. The predicted molar refractivity (Wildman–Crippen MR) is 103 cm³/mol. The van der Waals surface area contributed by atoms with Gasteiger partial charge in [0.1, 0.15) is 27.8 Å². The van der Waals surface area contributed by atoms with Crippen LogP contribution in [0.25, 0.3) is 11.5 Å². The van der Waals surface area contributed by atoms with Crippen LogP contribution in [0, 0.1) is 5.82 Å². The monoisotopic (exact) mass is 429 g/mol. The van der Waals surface area contributed by atoms with Gasteiger partial charge in [0.25, 0.3) is 0 Å². The molecule has 0 bridgehead atoms. The Hall–Kier alpha value is -2.61. The lowest BCUT2D eigenvalue weighted by molar-refractivity contribution is -0.119. The summed E-state index contributed by atoms with van der Waals surface area (Å²) in [6, 6.07) is 6.63. The summed E-state index contributed by atoms with van der Waals surface area (Å²) in [6.07, 6.45) is 2.16. The molecular weight excluding hydrogens is 413 g/mol. The van der Waals surface area contributed by atoms with Crippen LogP contribution in [0.5, 0.6) is 0 Å². The Kier molecular flexibility index (Phi) is 4.10. The van der Waals surface area contributed by atoms with Crippen molar-refractivity contribution in [3.8, 4) is 11.5 Å². The number of nitrogens with zero attached hydrogens (tertiary/aromatic N) is 4. The van der Waals surface area contributed by atoms with Crippen molar-refractivity contribution in [3.05, 3.63) is 57.8 Å². The normalized spacial score (nSPS) is 14.9. The van der Waals surface area contributed by atoms with Gasteiger partial charge < -0.3 is 9.88 Å². The Labute approximate surface area is 164 Å². The van der Waals surface area contributed by atoms with Crippen molar-refractivity contribution in [3.63, 3.8) is 0 Å². The highest BCUT2D eigenvalue weighted by molar-refractivity contribution is 9.10. The summed E-state index contributed by atoms with van der Waals surface area (Å²) in [6.45, 7) is 3.66. The van der Waals surface area contributed by atoms with Crippen LogP contribution >= 0.6 is 15.9 Å². The van der Waals surface area contributed by atoms with Gasteiger partial charge in [0.15, 0.2) is 5.82 Å². The van der Waals surface area contributed by atoms with Gasteiger partial charge in [-0.3, -0.25) is 4.79 Å². The highest BCUT2D eigenvalue weighted by atomic mass is 79.9. The van der Waals surface area contributed by atoms with Crippen LogP contribution in [0.15, 0.2) is 35.1 Å². The van der Waals surface area contributed by atoms with Crippen LogP contribution in [-0.2, 0) is 23.7 Å². The second kappa shape index (κ2) is 6.23. The number of hydrogen-bond acceptors (Lipinski definition) is 4. The van der Waals surface area contributed by atoms with Gasteiger partial charge >= 0.3 is 0 Å². The fourth-order valence-corrected chi connectivity index (χ4v) is 4.01. The molecule has 138 valence electrons. The number of benzene rings is 1. The maximum Gasteiger partial charge on any atom is 0.235 e. The number of nitrogens with one attached hydrogen (secondary N) is 1. The van der Waals surface area contributed by atoms with Gasteiger partial charge in [-0.25, -0.2) is 19.3 Å². The van der Waals surface area contributed by atoms with E-state index in [9.17, 15) is 9.18 Å². The molecule has 3 heterocycles. The molecule has 3 aromatic rings. The van der Waals surface area contributed by atoms with E-state index in [0.717, 1.165) is 5.56 Å². The minimum Gasteiger partial charge on any atom is -0.337 e. The Bertz CT molecular complexity index is 1080. The lowest BCUT2D eigenvalue weighted by Crippen LogP contribution is -2.27. The average Bonchev–Trinajstić information content (AvgIpc) is 3.07. The van der Waals surface area contributed by atoms with Crippen molar-refractivity contribution >= 4 is 27.7 Å². The van der Waals surface area contributed by atoms with Crippen molar-refractivity contribution in [1.82, 2.24) is 19.5 Å². The summed E-state index contributed by atoms with van der Waals surface area (Å²) < 4.78 is 16.3. The van der Waals surface area contributed by atoms with Gasteiger partial charge in [-0.15, -0.1) is 0 Å². The average molecular weight is 430 g/mol. The van der Waals surface area contributed by atoms with Gasteiger partial charge in [0.2, 0.25) is 5.91 Å². The summed E-state index contributed by atoms with van der Waals surface area (Å²) in [5.74, 6) is 1.20. The molecule has 0 saturated heterocycles. The second-order valence-electron chi connectivity index (χ2n) is 7.06. The molecule has 0 saturated carbocycles. The second-order valence-corrected chi connectivity index (χ2v) is 7.81. The molecule has 0 fully saturated rings. The third kappa shape index (κ3) is 2.93. The molecule has 0 spiro atoms. The fourth-order valence-electron chi connectivity index (χ4n) is 3.16. The van der Waals surface area contributed by atoms with Gasteiger partial charge in [0.05, 0.1) is 5.41 Å². The Morgan fingerprint density at radius 2 is 1.96 bits per heavy atom. The molecule has 0 atom stereocenters. The Morgan fingerprint density at radius 1 is 1.22 bits per heavy atom. The number of carbonyl (C=O) groups is 1. The molecule has 6 nitrogen and oxygen atoms in total. The summed E-state index contributed by atoms with van der Waals surface area (Å²) in [5, 5.41) is 2.80. The van der Waals surface area contributed by atoms with Crippen LogP contribution in [0.1, 0.15) is 30.8 Å². The van der Waals surface area contributed by atoms with E-state index in [1.165, 1.54) is 6.07 Å². The molecule has 1 aliphatic rings. The number of aryl methyl sites for hydroxylation is 1. The summed E-state index contributed by atoms with van der Waals surface area (Å²) >= 11 is 3.46. The molecule has 2 aromatic heterocycles. The van der Waals surface area contributed by atoms with E-state index >= 15 is 0 Å². The number of anilines is 1. The first-order chi connectivity index (χ1) is 12.8. The van der Waals surface area contributed by atoms with Crippen molar-refractivity contribution in [1.29, 1.82) is 0 Å². The number of aromatic nitrogens is 4. The zero-order valence-electron chi connectivity index (χ0n) is 15.0. The number of rotatable bonds is 3. The highest BCUT2D eigenvalue weighted by Gasteiger charge is 2.42. The number of halogens is 2. The maximum atomic E-state index is 13.9. The first kappa shape index (κ1) is 17.8. The predicted octanol–water partition coefficient (Wildman–Crippen LogP) is 3.60. The molecule has 1 aromatic carbocycles. The number of amides is 1. The Morgan fingerprint density at radius 3 is 2.70 bits per heavy atom. The quantitative estimate of drug-likeness (QED) is 0.645. The summed E-state index contributed by atoms with van der Waals surface area (Å²) in [7, 11) is 1.85. The third-order valence-electron chi connectivity index (χ3n) is 4.80.